The van der Waals surface area contributed by atoms with Crippen LogP contribution >= 0.6 is 24.0 Å². The maximum Gasteiger partial charge on any atom is 0.193 e. The molecule has 0 aliphatic heterocycles. The van der Waals surface area contributed by atoms with Gasteiger partial charge in [0.05, 0.1) is 19.3 Å². The van der Waals surface area contributed by atoms with E-state index >= 15 is 0 Å². The van der Waals surface area contributed by atoms with Gasteiger partial charge in [0.2, 0.25) is 0 Å². The maximum absolute atomic E-state index is 11.5. The summed E-state index contributed by atoms with van der Waals surface area (Å²) in [5, 5.41) is 14.7. The van der Waals surface area contributed by atoms with Crippen molar-refractivity contribution >= 4 is 35.6 Å². The highest BCUT2D eigenvalue weighted by atomic mass is 127. The monoisotopic (exact) mass is 467 g/mol. The molecule has 5 saturated carbocycles. The van der Waals surface area contributed by atoms with Gasteiger partial charge in [0.25, 0.3) is 0 Å². The molecule has 1 aromatic carbocycles. The van der Waals surface area contributed by atoms with Crippen molar-refractivity contribution in [2.24, 2.45) is 58.1 Å². The van der Waals surface area contributed by atoms with Gasteiger partial charge in [-0.3, -0.25) is 4.99 Å². The molecule has 5 aliphatic rings. The number of ether oxygens (including phenoxy) is 1. The molecule has 0 radical (unpaired) electrons. The summed E-state index contributed by atoms with van der Waals surface area (Å²) in [5.41, 5.74) is 6.38. The zero-order valence-electron chi connectivity index (χ0n) is 14.8. The van der Waals surface area contributed by atoms with Gasteiger partial charge in [-0.2, -0.15) is 0 Å². The van der Waals surface area contributed by atoms with Gasteiger partial charge in [0.15, 0.2) is 5.96 Å². The fraction of sp³-hybridized carbons (Fsp3) is 0.650. The van der Waals surface area contributed by atoms with E-state index in [-0.39, 0.29) is 24.0 Å². The van der Waals surface area contributed by atoms with Gasteiger partial charge in [0, 0.05) is 5.69 Å². The molecule has 2 bridgehead atoms. The number of anilines is 1. The number of rotatable bonds is 4. The highest BCUT2D eigenvalue weighted by Gasteiger charge is 2.84. The van der Waals surface area contributed by atoms with E-state index in [4.69, 9.17) is 10.5 Å². The average Bonchev–Trinajstić information content (AvgIpc) is 3.13. The SMILES string of the molecule is COc1ccc(NC(N)=NCC2(O)C3C4CC5C6C4CC3C6C52)cc1.I. The first kappa shape index (κ1) is 17.1. The number of halogens is 1. The van der Waals surface area contributed by atoms with Crippen LogP contribution in [0.1, 0.15) is 12.8 Å². The van der Waals surface area contributed by atoms with E-state index in [9.17, 15) is 5.11 Å². The number of benzene rings is 1. The van der Waals surface area contributed by atoms with E-state index in [2.05, 4.69) is 10.3 Å². The molecule has 5 aliphatic carbocycles. The summed E-state index contributed by atoms with van der Waals surface area (Å²) in [6.07, 6.45) is 2.76. The number of aliphatic imine (C=N–C) groups is 1. The fourth-order valence-electron chi connectivity index (χ4n) is 8.01. The quantitative estimate of drug-likeness (QED) is 0.361. The molecule has 9 atom stereocenters. The molecule has 0 spiro atoms. The summed E-state index contributed by atoms with van der Waals surface area (Å²) >= 11 is 0. The van der Waals surface area contributed by atoms with E-state index in [1.165, 1.54) is 12.8 Å². The van der Waals surface area contributed by atoms with Gasteiger partial charge < -0.3 is 20.9 Å². The number of nitrogens with one attached hydrogen (secondary N) is 1. The Bertz CT molecular complexity index is 763. The maximum atomic E-state index is 11.5. The molecule has 0 aromatic heterocycles. The third-order valence-corrected chi connectivity index (χ3v) is 8.38. The molecule has 0 heterocycles. The van der Waals surface area contributed by atoms with Crippen molar-refractivity contribution in [3.63, 3.8) is 0 Å². The fourth-order valence-corrected chi connectivity index (χ4v) is 8.01. The Morgan fingerprint density at radius 3 is 2.58 bits per heavy atom. The first-order chi connectivity index (χ1) is 12.1. The number of hydrogen-bond donors (Lipinski definition) is 3. The molecule has 5 fully saturated rings. The average molecular weight is 467 g/mol. The molecule has 0 amide bonds. The van der Waals surface area contributed by atoms with Crippen molar-refractivity contribution in [1.29, 1.82) is 0 Å². The minimum absolute atomic E-state index is 0. The van der Waals surface area contributed by atoms with Crippen LogP contribution in [0.15, 0.2) is 29.3 Å². The number of hydrogen-bond acceptors (Lipinski definition) is 3. The van der Waals surface area contributed by atoms with Crippen LogP contribution in [0, 0.1) is 47.3 Å². The van der Waals surface area contributed by atoms with Crippen molar-refractivity contribution in [2.75, 3.05) is 19.0 Å². The lowest BCUT2D eigenvalue weighted by atomic mass is 9.56. The van der Waals surface area contributed by atoms with Crippen molar-refractivity contribution in [3.05, 3.63) is 24.3 Å². The molecule has 26 heavy (non-hydrogen) atoms. The lowest BCUT2D eigenvalue weighted by Crippen LogP contribution is -2.56. The Morgan fingerprint density at radius 2 is 1.85 bits per heavy atom. The normalized spacial score (nSPS) is 48.5. The Morgan fingerprint density at radius 1 is 1.15 bits per heavy atom. The molecule has 4 N–H and O–H groups in total. The molecule has 1 aromatic rings. The highest BCUT2D eigenvalue weighted by molar-refractivity contribution is 14.0. The largest absolute Gasteiger partial charge is 0.497 e. The lowest BCUT2D eigenvalue weighted by molar-refractivity contribution is -0.123. The van der Waals surface area contributed by atoms with Gasteiger partial charge in [0.1, 0.15) is 5.75 Å². The second-order valence-corrected chi connectivity index (χ2v) is 8.88. The van der Waals surface area contributed by atoms with E-state index < -0.39 is 5.60 Å². The van der Waals surface area contributed by atoms with Crippen LogP contribution < -0.4 is 15.8 Å². The molecular formula is C20H26IN3O2. The van der Waals surface area contributed by atoms with E-state index in [0.29, 0.717) is 24.3 Å². The minimum atomic E-state index is -0.600. The molecule has 6 rings (SSSR count). The van der Waals surface area contributed by atoms with E-state index in [0.717, 1.165) is 46.9 Å². The number of nitrogens with two attached hydrogens (primary N) is 1. The third-order valence-electron chi connectivity index (χ3n) is 8.38. The number of guanidine groups is 1. The van der Waals surface area contributed by atoms with Crippen molar-refractivity contribution in [3.8, 4) is 5.75 Å². The third kappa shape index (κ3) is 1.87. The van der Waals surface area contributed by atoms with Crippen LogP contribution in [0.2, 0.25) is 0 Å². The number of nitrogens with zero attached hydrogens (tertiary/aromatic N) is 1. The number of fused-ring (bicyclic) bond motifs is 2. The van der Waals surface area contributed by atoms with Crippen LogP contribution in [0.3, 0.4) is 0 Å². The second-order valence-electron chi connectivity index (χ2n) is 8.88. The molecule has 140 valence electrons. The van der Waals surface area contributed by atoms with Crippen LogP contribution in [0.5, 0.6) is 5.75 Å². The molecular weight excluding hydrogens is 441 g/mol. The Balaban J connectivity index is 0.00000150. The van der Waals surface area contributed by atoms with Crippen LogP contribution in [-0.4, -0.2) is 30.3 Å². The Kier molecular flexibility index (Phi) is 3.62. The predicted octanol–water partition coefficient (Wildman–Crippen LogP) is 2.55. The first-order valence-electron chi connectivity index (χ1n) is 9.55. The van der Waals surface area contributed by atoms with Gasteiger partial charge >= 0.3 is 0 Å². The van der Waals surface area contributed by atoms with Crippen molar-refractivity contribution < 1.29 is 9.84 Å². The smallest absolute Gasteiger partial charge is 0.193 e. The summed E-state index contributed by atoms with van der Waals surface area (Å²) in [5.74, 6) is 7.18. The van der Waals surface area contributed by atoms with Gasteiger partial charge in [-0.1, -0.05) is 0 Å². The molecule has 9 unspecified atom stereocenters. The van der Waals surface area contributed by atoms with Crippen LogP contribution in [0.4, 0.5) is 5.69 Å². The Labute approximate surface area is 170 Å². The zero-order valence-corrected chi connectivity index (χ0v) is 17.2. The second kappa shape index (κ2) is 5.50. The minimum Gasteiger partial charge on any atom is -0.497 e. The van der Waals surface area contributed by atoms with Crippen LogP contribution in [0.25, 0.3) is 0 Å². The summed E-state index contributed by atoms with van der Waals surface area (Å²) in [4.78, 5) is 4.56. The Hall–Kier alpha value is -1.02. The van der Waals surface area contributed by atoms with Crippen molar-refractivity contribution in [2.45, 2.75) is 18.4 Å². The molecule has 5 nitrogen and oxygen atoms in total. The molecule has 0 saturated heterocycles. The van der Waals surface area contributed by atoms with Gasteiger partial charge in [-0.25, -0.2) is 0 Å². The summed E-state index contributed by atoms with van der Waals surface area (Å²) in [6, 6.07) is 7.61. The summed E-state index contributed by atoms with van der Waals surface area (Å²) in [6.45, 7) is 0.455. The zero-order chi connectivity index (χ0) is 16.9. The number of methoxy groups -OCH3 is 1. The van der Waals surface area contributed by atoms with E-state index in [1.807, 2.05) is 24.3 Å². The summed E-state index contributed by atoms with van der Waals surface area (Å²) in [7, 11) is 1.65. The highest BCUT2D eigenvalue weighted by Crippen LogP contribution is 2.85. The standard InChI is InChI=1S/C20H25N3O2.HI/c1-25-10-4-2-9(3-5-10)23-19(21)22-8-20(24)17-12-7-13-15-11(12)6-14(17)16(15)18(13)20;/h2-5,11-18,24H,6-8H2,1H3,(H3,21,22,23);1H. The predicted molar refractivity (Wildman–Crippen MR) is 111 cm³/mol. The van der Waals surface area contributed by atoms with E-state index in [1.54, 1.807) is 7.11 Å². The number of aliphatic hydroxyl groups is 1. The van der Waals surface area contributed by atoms with Crippen LogP contribution in [-0.2, 0) is 0 Å². The lowest BCUT2D eigenvalue weighted by Gasteiger charge is -2.51. The topological polar surface area (TPSA) is 79.9 Å². The molecule has 6 heteroatoms. The first-order valence-corrected chi connectivity index (χ1v) is 9.55. The van der Waals surface area contributed by atoms with Crippen molar-refractivity contribution in [1.82, 2.24) is 0 Å². The van der Waals surface area contributed by atoms with Gasteiger partial charge in [-0.05, 0) is 84.5 Å². The summed E-state index contributed by atoms with van der Waals surface area (Å²) < 4.78 is 5.16. The van der Waals surface area contributed by atoms with Gasteiger partial charge in [-0.15, -0.1) is 24.0 Å².